The molecule has 3 rings (SSSR count). The molecule has 2 aromatic rings. The first-order chi connectivity index (χ1) is 13.7. The van der Waals surface area contributed by atoms with Crippen LogP contribution in [0, 0.1) is 0 Å². The molecule has 8 heteroatoms. The molecule has 156 valence electrons. The summed E-state index contributed by atoms with van der Waals surface area (Å²) in [6, 6.07) is 8.25. The smallest absolute Gasteiger partial charge is 0.471 e. The molecule has 1 amide bonds. The number of carbonyl (C=O) groups excluding carboxylic acids is 1. The zero-order valence-corrected chi connectivity index (χ0v) is 16.6. The summed E-state index contributed by atoms with van der Waals surface area (Å²) >= 11 is 0. The summed E-state index contributed by atoms with van der Waals surface area (Å²) in [5, 5.41) is 0. The highest BCUT2D eigenvalue weighted by molar-refractivity contribution is 5.83. The molecule has 5 nitrogen and oxygen atoms in total. The van der Waals surface area contributed by atoms with Crippen LogP contribution in [0.3, 0.4) is 0 Å². The van der Waals surface area contributed by atoms with Gasteiger partial charge in [0.25, 0.3) is 0 Å². The maximum absolute atomic E-state index is 13.0. The molecule has 0 aliphatic heterocycles. The van der Waals surface area contributed by atoms with Gasteiger partial charge in [-0.3, -0.25) is 4.79 Å². The summed E-state index contributed by atoms with van der Waals surface area (Å²) < 4.78 is 55.4. The number of hydrogen-bond donors (Lipinski definition) is 0. The molecule has 2 aromatic carbocycles. The third-order valence-corrected chi connectivity index (χ3v) is 5.24. The molecular weight excluding hydrogens is 387 g/mol. The van der Waals surface area contributed by atoms with E-state index in [9.17, 15) is 18.0 Å². The van der Waals surface area contributed by atoms with Crippen molar-refractivity contribution in [1.82, 2.24) is 4.90 Å². The van der Waals surface area contributed by atoms with Gasteiger partial charge in [-0.05, 0) is 47.7 Å². The lowest BCUT2D eigenvalue weighted by Gasteiger charge is -2.28. The van der Waals surface area contributed by atoms with E-state index in [0.29, 0.717) is 17.2 Å². The molecule has 1 atom stereocenters. The Bertz CT molecular complexity index is 927. The fourth-order valence-electron chi connectivity index (χ4n) is 3.76. The van der Waals surface area contributed by atoms with Crippen LogP contribution in [0.25, 0.3) is 11.1 Å². The molecule has 0 radical (unpaired) electrons. The molecule has 1 unspecified atom stereocenters. The zero-order valence-electron chi connectivity index (χ0n) is 16.6. The number of benzene rings is 2. The number of hydrogen-bond acceptors (Lipinski definition) is 4. The minimum absolute atomic E-state index is 0.241. The van der Waals surface area contributed by atoms with E-state index in [4.69, 9.17) is 14.2 Å². The average Bonchev–Trinajstić information content (AvgIpc) is 2.87. The van der Waals surface area contributed by atoms with E-state index in [-0.39, 0.29) is 12.8 Å². The lowest BCUT2D eigenvalue weighted by Crippen LogP contribution is -2.46. The highest BCUT2D eigenvalue weighted by Gasteiger charge is 2.43. The summed E-state index contributed by atoms with van der Waals surface area (Å²) in [7, 11) is 5.75. The SMILES string of the molecule is COc1ccc2c(c1)CC(N(C)C(=O)C(F)(F)F)Cc1ccc(OC)c(OC)c1-2. The molecular formula is C21H22F3NO4. The van der Waals surface area contributed by atoms with Gasteiger partial charge in [0.2, 0.25) is 0 Å². The van der Waals surface area contributed by atoms with Crippen LogP contribution in [0.5, 0.6) is 17.2 Å². The monoisotopic (exact) mass is 409 g/mol. The fraction of sp³-hybridized carbons (Fsp3) is 0.381. The minimum atomic E-state index is -4.93. The second-order valence-corrected chi connectivity index (χ2v) is 6.83. The van der Waals surface area contributed by atoms with Crippen LogP contribution in [0.1, 0.15) is 11.1 Å². The number of likely N-dealkylation sites (N-methyl/N-ethyl adjacent to an activating group) is 1. The van der Waals surface area contributed by atoms with Gasteiger partial charge in [0.15, 0.2) is 11.5 Å². The van der Waals surface area contributed by atoms with Gasteiger partial charge in [0.1, 0.15) is 5.75 Å². The van der Waals surface area contributed by atoms with E-state index < -0.39 is 18.1 Å². The molecule has 0 heterocycles. The van der Waals surface area contributed by atoms with E-state index in [1.54, 1.807) is 24.3 Å². The number of methoxy groups -OCH3 is 3. The number of rotatable bonds is 4. The lowest BCUT2D eigenvalue weighted by molar-refractivity contribution is -0.186. The largest absolute Gasteiger partial charge is 0.497 e. The van der Waals surface area contributed by atoms with Crippen molar-refractivity contribution in [3.8, 4) is 28.4 Å². The van der Waals surface area contributed by atoms with Crippen LogP contribution in [-0.4, -0.2) is 51.4 Å². The van der Waals surface area contributed by atoms with Crippen LogP contribution in [0.4, 0.5) is 13.2 Å². The van der Waals surface area contributed by atoms with E-state index in [1.807, 2.05) is 6.07 Å². The summed E-state index contributed by atoms with van der Waals surface area (Å²) in [6.45, 7) is 0. The van der Waals surface area contributed by atoms with Crippen LogP contribution in [0.2, 0.25) is 0 Å². The van der Waals surface area contributed by atoms with Crippen molar-refractivity contribution >= 4 is 5.91 Å². The Morgan fingerprint density at radius 1 is 1.00 bits per heavy atom. The first kappa shape index (κ1) is 20.8. The number of carbonyl (C=O) groups is 1. The van der Waals surface area contributed by atoms with Gasteiger partial charge in [-0.15, -0.1) is 0 Å². The summed E-state index contributed by atoms with van der Waals surface area (Å²) in [4.78, 5) is 12.7. The van der Waals surface area contributed by atoms with Gasteiger partial charge in [0, 0.05) is 18.7 Å². The van der Waals surface area contributed by atoms with Crippen molar-refractivity contribution in [3.05, 3.63) is 41.5 Å². The van der Waals surface area contributed by atoms with Gasteiger partial charge >= 0.3 is 12.1 Å². The molecule has 1 aliphatic carbocycles. The Hall–Kier alpha value is -2.90. The Kier molecular flexibility index (Phi) is 5.64. The summed E-state index contributed by atoms with van der Waals surface area (Å²) in [5.41, 5.74) is 3.10. The number of nitrogens with zero attached hydrogens (tertiary/aromatic N) is 1. The van der Waals surface area contributed by atoms with Crippen molar-refractivity contribution in [2.24, 2.45) is 0 Å². The molecule has 0 spiro atoms. The summed E-state index contributed by atoms with van der Waals surface area (Å²) in [5.74, 6) is -0.262. The third-order valence-electron chi connectivity index (χ3n) is 5.24. The van der Waals surface area contributed by atoms with E-state index in [0.717, 1.165) is 27.2 Å². The first-order valence-corrected chi connectivity index (χ1v) is 8.96. The predicted molar refractivity (Wildman–Crippen MR) is 102 cm³/mol. The number of alkyl halides is 3. The number of halogens is 3. The molecule has 1 aliphatic rings. The molecule has 0 saturated heterocycles. The Labute approximate surface area is 167 Å². The fourth-order valence-corrected chi connectivity index (χ4v) is 3.76. The van der Waals surface area contributed by atoms with E-state index in [2.05, 4.69) is 0 Å². The highest BCUT2D eigenvalue weighted by Crippen LogP contribution is 2.45. The number of amides is 1. The second kappa shape index (κ2) is 7.85. The van der Waals surface area contributed by atoms with Crippen LogP contribution in [-0.2, 0) is 17.6 Å². The Morgan fingerprint density at radius 3 is 2.28 bits per heavy atom. The predicted octanol–water partition coefficient (Wildman–Crippen LogP) is 3.87. The van der Waals surface area contributed by atoms with Crippen molar-refractivity contribution in [2.75, 3.05) is 28.4 Å². The number of fused-ring (bicyclic) bond motifs is 3. The van der Waals surface area contributed by atoms with Crippen LogP contribution >= 0.6 is 0 Å². The van der Waals surface area contributed by atoms with Crippen LogP contribution < -0.4 is 14.2 Å². The Morgan fingerprint density at radius 2 is 1.69 bits per heavy atom. The maximum Gasteiger partial charge on any atom is 0.471 e. The zero-order chi connectivity index (χ0) is 21.3. The van der Waals surface area contributed by atoms with Gasteiger partial charge in [-0.1, -0.05) is 12.1 Å². The van der Waals surface area contributed by atoms with Crippen LogP contribution in [0.15, 0.2) is 30.3 Å². The third kappa shape index (κ3) is 3.83. The maximum atomic E-state index is 13.0. The standard InChI is InChI=1S/C21H22F3NO4/c1-25(20(26)21(22,23)24)14-9-12-5-8-17(28-3)19(29-4)18(12)16-7-6-15(27-2)11-13(16)10-14/h5-8,11,14H,9-10H2,1-4H3. The quantitative estimate of drug-likeness (QED) is 0.769. The van der Waals surface area contributed by atoms with Gasteiger partial charge in [0.05, 0.1) is 21.3 Å². The van der Waals surface area contributed by atoms with Gasteiger partial charge in [-0.2, -0.15) is 13.2 Å². The second-order valence-electron chi connectivity index (χ2n) is 6.83. The molecule has 0 N–H and O–H groups in total. The number of ether oxygens (including phenoxy) is 3. The van der Waals surface area contributed by atoms with Crippen molar-refractivity contribution in [1.29, 1.82) is 0 Å². The normalized spacial score (nSPS) is 15.6. The molecule has 0 saturated carbocycles. The average molecular weight is 409 g/mol. The molecule has 0 aromatic heterocycles. The molecule has 29 heavy (non-hydrogen) atoms. The summed E-state index contributed by atoms with van der Waals surface area (Å²) in [6.07, 6.45) is -4.45. The van der Waals surface area contributed by atoms with E-state index >= 15 is 0 Å². The molecule has 0 fully saturated rings. The first-order valence-electron chi connectivity index (χ1n) is 8.96. The molecule has 0 bridgehead atoms. The van der Waals surface area contributed by atoms with Crippen molar-refractivity contribution in [2.45, 2.75) is 25.1 Å². The Balaban J connectivity index is 2.19. The van der Waals surface area contributed by atoms with E-state index in [1.165, 1.54) is 28.4 Å². The van der Waals surface area contributed by atoms with Gasteiger partial charge in [-0.25, -0.2) is 0 Å². The highest BCUT2D eigenvalue weighted by atomic mass is 19.4. The van der Waals surface area contributed by atoms with Crippen molar-refractivity contribution < 1.29 is 32.2 Å². The topological polar surface area (TPSA) is 48.0 Å². The lowest BCUT2D eigenvalue weighted by atomic mass is 9.95. The van der Waals surface area contributed by atoms with Gasteiger partial charge < -0.3 is 19.1 Å². The minimum Gasteiger partial charge on any atom is -0.497 e. The van der Waals surface area contributed by atoms with Crippen molar-refractivity contribution in [3.63, 3.8) is 0 Å².